The van der Waals surface area contributed by atoms with Crippen molar-refractivity contribution in [1.82, 2.24) is 24.9 Å². The van der Waals surface area contributed by atoms with E-state index in [1.165, 1.54) is 6.07 Å². The van der Waals surface area contributed by atoms with E-state index in [2.05, 4.69) is 24.9 Å². The molecule has 0 saturated heterocycles. The van der Waals surface area contributed by atoms with E-state index < -0.39 is 11.9 Å². The lowest BCUT2D eigenvalue weighted by Gasteiger charge is -2.17. The fraction of sp³-hybridized carbons (Fsp3) is 0. The van der Waals surface area contributed by atoms with E-state index in [4.69, 9.17) is 14.2 Å². The number of esters is 2. The van der Waals surface area contributed by atoms with Gasteiger partial charge in [0.1, 0.15) is 23.0 Å². The summed E-state index contributed by atoms with van der Waals surface area (Å²) in [6.45, 7) is 0. The van der Waals surface area contributed by atoms with Gasteiger partial charge in [-0.15, -0.1) is 0 Å². The number of aromatic nitrogens is 5. The Morgan fingerprint density at radius 1 is 0.328 bits per heavy atom. The van der Waals surface area contributed by atoms with Crippen LogP contribution >= 0.6 is 0 Å². The zero-order chi connectivity index (χ0) is 45.4. The Morgan fingerprint density at radius 2 is 0.821 bits per heavy atom. The van der Waals surface area contributed by atoms with Gasteiger partial charge in [-0.1, -0.05) is 84.9 Å². The van der Waals surface area contributed by atoms with Crippen molar-refractivity contribution in [3.63, 3.8) is 0 Å². The standard InChI is InChI=1S/C57H37N5O5/c63-56(40-22-18-38(19-23-40)51-15-3-6-28-58-51)66-46-34-44(35-47(37-46)67-57(64)41-24-20-39(21-25-41)52-16-4-7-29-59-52)48-13-1-2-14-49(48)50-27-26-43(55-61-31-10-32-62-55)36-54(50)65-45-12-9-11-42(33-45)53-17-5-8-30-60-53/h1-37H. The number of rotatable bonds is 12. The molecule has 10 nitrogen and oxygen atoms in total. The molecule has 0 aliphatic carbocycles. The molecule has 4 aromatic heterocycles. The van der Waals surface area contributed by atoms with Crippen LogP contribution in [0.25, 0.3) is 67.4 Å². The van der Waals surface area contributed by atoms with Gasteiger partial charge in [0.05, 0.1) is 28.2 Å². The monoisotopic (exact) mass is 871 g/mol. The minimum atomic E-state index is -0.595. The molecule has 67 heavy (non-hydrogen) atoms. The molecule has 0 atom stereocenters. The van der Waals surface area contributed by atoms with Gasteiger partial charge in [0.2, 0.25) is 0 Å². The van der Waals surface area contributed by atoms with Crippen molar-refractivity contribution in [2.75, 3.05) is 0 Å². The largest absolute Gasteiger partial charge is 0.457 e. The van der Waals surface area contributed by atoms with Crippen molar-refractivity contribution in [2.24, 2.45) is 0 Å². The van der Waals surface area contributed by atoms with Crippen molar-refractivity contribution >= 4 is 11.9 Å². The number of benzene rings is 6. The fourth-order valence-corrected chi connectivity index (χ4v) is 7.56. The minimum Gasteiger partial charge on any atom is -0.457 e. The Bertz CT molecular complexity index is 3220. The number of pyridine rings is 3. The maximum absolute atomic E-state index is 13.8. The zero-order valence-electron chi connectivity index (χ0n) is 35.6. The summed E-state index contributed by atoms with van der Waals surface area (Å²) in [5.41, 5.74) is 9.26. The van der Waals surface area contributed by atoms with E-state index in [9.17, 15) is 9.59 Å². The van der Waals surface area contributed by atoms with Gasteiger partial charge in [0, 0.05) is 64.9 Å². The third-order valence-electron chi connectivity index (χ3n) is 10.8. The molecule has 10 rings (SSSR count). The topological polar surface area (TPSA) is 126 Å². The molecule has 0 radical (unpaired) electrons. The molecule has 10 aromatic rings. The fourth-order valence-electron chi connectivity index (χ4n) is 7.56. The highest BCUT2D eigenvalue weighted by atomic mass is 16.5. The van der Waals surface area contributed by atoms with Gasteiger partial charge in [-0.3, -0.25) is 15.0 Å². The third-order valence-corrected chi connectivity index (χ3v) is 10.8. The predicted octanol–water partition coefficient (Wildman–Crippen LogP) is 12.9. The molecule has 10 heteroatoms. The quantitative estimate of drug-likeness (QED) is 0.0865. The second-order valence-corrected chi connectivity index (χ2v) is 15.2. The van der Waals surface area contributed by atoms with Crippen LogP contribution in [0.2, 0.25) is 0 Å². The number of nitrogens with zero attached hydrogens (tertiary/aromatic N) is 5. The van der Waals surface area contributed by atoms with E-state index in [1.807, 2.05) is 146 Å². The number of carbonyl (C=O) groups excluding carboxylic acids is 2. The van der Waals surface area contributed by atoms with Crippen LogP contribution in [-0.2, 0) is 0 Å². The first-order chi connectivity index (χ1) is 33.0. The van der Waals surface area contributed by atoms with Crippen LogP contribution in [0, 0.1) is 0 Å². The van der Waals surface area contributed by atoms with Gasteiger partial charge in [0.25, 0.3) is 0 Å². The van der Waals surface area contributed by atoms with E-state index in [0.717, 1.165) is 56.0 Å². The normalized spacial score (nSPS) is 10.8. The number of hydrogen-bond acceptors (Lipinski definition) is 10. The van der Waals surface area contributed by atoms with Crippen LogP contribution < -0.4 is 14.2 Å². The smallest absolute Gasteiger partial charge is 0.343 e. The first kappa shape index (κ1) is 41.6. The molecule has 6 aromatic carbocycles. The molecular formula is C57H37N5O5. The second kappa shape index (κ2) is 19.1. The summed E-state index contributed by atoms with van der Waals surface area (Å²) in [6, 6.07) is 59.3. The Balaban J connectivity index is 1.03. The maximum atomic E-state index is 13.8. The molecule has 0 amide bonds. The molecule has 0 unspecified atom stereocenters. The molecule has 0 aliphatic heterocycles. The van der Waals surface area contributed by atoms with Crippen molar-refractivity contribution < 1.29 is 23.8 Å². The van der Waals surface area contributed by atoms with Gasteiger partial charge >= 0.3 is 11.9 Å². The summed E-state index contributed by atoms with van der Waals surface area (Å²) in [5, 5.41) is 0. The van der Waals surface area contributed by atoms with Crippen molar-refractivity contribution in [3.05, 3.63) is 236 Å². The van der Waals surface area contributed by atoms with Crippen LogP contribution in [-0.4, -0.2) is 36.9 Å². The highest BCUT2D eigenvalue weighted by molar-refractivity contribution is 5.94. The van der Waals surface area contributed by atoms with Gasteiger partial charge < -0.3 is 14.2 Å². The first-order valence-electron chi connectivity index (χ1n) is 21.3. The van der Waals surface area contributed by atoms with Gasteiger partial charge in [-0.2, -0.15) is 0 Å². The average molecular weight is 872 g/mol. The Kier molecular flexibility index (Phi) is 11.9. The molecule has 4 heterocycles. The van der Waals surface area contributed by atoms with E-state index in [1.54, 1.807) is 73.4 Å². The van der Waals surface area contributed by atoms with E-state index in [0.29, 0.717) is 34.0 Å². The maximum Gasteiger partial charge on any atom is 0.343 e. The number of hydrogen-bond donors (Lipinski definition) is 0. The highest BCUT2D eigenvalue weighted by Crippen LogP contribution is 2.43. The lowest BCUT2D eigenvalue weighted by Crippen LogP contribution is -2.10. The molecule has 0 fully saturated rings. The summed E-state index contributed by atoms with van der Waals surface area (Å²) in [7, 11) is 0. The van der Waals surface area contributed by atoms with E-state index >= 15 is 0 Å². The highest BCUT2D eigenvalue weighted by Gasteiger charge is 2.20. The summed E-state index contributed by atoms with van der Waals surface area (Å²) in [4.78, 5) is 50.0. The first-order valence-corrected chi connectivity index (χ1v) is 21.3. The van der Waals surface area contributed by atoms with Gasteiger partial charge in [-0.25, -0.2) is 19.6 Å². The summed E-state index contributed by atoms with van der Waals surface area (Å²) >= 11 is 0. The third kappa shape index (κ3) is 9.59. The zero-order valence-corrected chi connectivity index (χ0v) is 35.6. The SMILES string of the molecule is O=C(Oc1cc(OC(=O)c2ccc(-c3ccccn3)cc2)cc(-c2ccccc2-c2ccc(-c3ncccn3)cc2Oc2cccc(-c3ccccn3)c2)c1)c1ccc(-c2ccccn2)cc1. The van der Waals surface area contributed by atoms with Crippen molar-refractivity contribution in [2.45, 2.75) is 0 Å². The predicted molar refractivity (Wildman–Crippen MR) is 257 cm³/mol. The Hall–Kier alpha value is -9.41. The number of ether oxygens (including phenoxy) is 3. The molecule has 0 N–H and O–H groups in total. The Morgan fingerprint density at radius 3 is 1.37 bits per heavy atom. The Labute approximate surface area is 385 Å². The molecule has 320 valence electrons. The van der Waals surface area contributed by atoms with E-state index in [-0.39, 0.29) is 11.5 Å². The molecule has 0 spiro atoms. The molecule has 0 bridgehead atoms. The van der Waals surface area contributed by atoms with Crippen LogP contribution in [0.3, 0.4) is 0 Å². The summed E-state index contributed by atoms with van der Waals surface area (Å²) < 4.78 is 18.9. The lowest BCUT2D eigenvalue weighted by atomic mass is 9.93. The average Bonchev–Trinajstić information content (AvgIpc) is 3.40. The van der Waals surface area contributed by atoms with Gasteiger partial charge in [-0.05, 0) is 120 Å². The molecule has 0 aliphatic rings. The summed E-state index contributed by atoms with van der Waals surface area (Å²) in [6.07, 6.45) is 8.58. The van der Waals surface area contributed by atoms with Crippen LogP contribution in [0.5, 0.6) is 23.0 Å². The lowest BCUT2D eigenvalue weighted by molar-refractivity contribution is 0.0733. The van der Waals surface area contributed by atoms with Crippen LogP contribution in [0.4, 0.5) is 0 Å². The minimum absolute atomic E-state index is 0.166. The van der Waals surface area contributed by atoms with Crippen LogP contribution in [0.15, 0.2) is 225 Å². The second-order valence-electron chi connectivity index (χ2n) is 15.2. The van der Waals surface area contributed by atoms with Crippen molar-refractivity contribution in [1.29, 1.82) is 0 Å². The van der Waals surface area contributed by atoms with Crippen LogP contribution in [0.1, 0.15) is 20.7 Å². The number of carbonyl (C=O) groups is 2. The molecular weight excluding hydrogens is 835 g/mol. The summed E-state index contributed by atoms with van der Waals surface area (Å²) in [5.74, 6) is 0.807. The van der Waals surface area contributed by atoms with Gasteiger partial charge in [0.15, 0.2) is 5.82 Å². The molecule has 0 saturated carbocycles. The van der Waals surface area contributed by atoms with Crippen molar-refractivity contribution in [3.8, 4) is 90.4 Å².